The molecule has 1 aromatic rings. The molecule has 1 unspecified atom stereocenters. The Hall–Kier alpha value is -0.340. The Bertz CT molecular complexity index is 306. The summed E-state index contributed by atoms with van der Waals surface area (Å²) >= 11 is 3.49. The molecule has 0 aliphatic carbocycles. The molecule has 2 heteroatoms. The average molecular weight is 227 g/mol. The molecule has 12 heavy (non-hydrogen) atoms. The SMILES string of the molecule is C[N+]1(C)CC1c1cccc(Br)c1. The van der Waals surface area contributed by atoms with Crippen LogP contribution in [0.3, 0.4) is 0 Å². The summed E-state index contributed by atoms with van der Waals surface area (Å²) in [6, 6.07) is 9.34. The predicted octanol–water partition coefficient (Wildman–Crippen LogP) is 2.58. The first-order valence-electron chi connectivity index (χ1n) is 4.18. The number of hydrogen-bond donors (Lipinski definition) is 0. The largest absolute Gasteiger partial charge is 0.312 e. The molecule has 1 atom stereocenters. The van der Waals surface area contributed by atoms with Crippen molar-refractivity contribution in [3.05, 3.63) is 34.3 Å². The summed E-state index contributed by atoms with van der Waals surface area (Å²) in [4.78, 5) is 0. The fourth-order valence-corrected chi connectivity index (χ4v) is 2.04. The zero-order chi connectivity index (χ0) is 8.77. The molecule has 1 fully saturated rings. The van der Waals surface area contributed by atoms with Gasteiger partial charge in [0.25, 0.3) is 0 Å². The number of benzene rings is 1. The van der Waals surface area contributed by atoms with E-state index in [-0.39, 0.29) is 0 Å². The van der Waals surface area contributed by atoms with Gasteiger partial charge in [-0.05, 0) is 12.1 Å². The Morgan fingerprint density at radius 2 is 2.08 bits per heavy atom. The minimum absolute atomic E-state index is 0.725. The number of quaternary nitrogens is 1. The molecule has 0 N–H and O–H groups in total. The zero-order valence-corrected chi connectivity index (χ0v) is 9.01. The summed E-state index contributed by atoms with van der Waals surface area (Å²) in [5.74, 6) is 0. The Balaban J connectivity index is 2.26. The summed E-state index contributed by atoms with van der Waals surface area (Å²) in [7, 11) is 4.54. The highest BCUT2D eigenvalue weighted by Crippen LogP contribution is 2.40. The van der Waals surface area contributed by atoms with Crippen molar-refractivity contribution in [2.75, 3.05) is 20.6 Å². The van der Waals surface area contributed by atoms with Crippen molar-refractivity contribution in [2.45, 2.75) is 6.04 Å². The number of rotatable bonds is 1. The molecule has 0 spiro atoms. The zero-order valence-electron chi connectivity index (χ0n) is 7.42. The Kier molecular flexibility index (Phi) is 1.77. The lowest BCUT2D eigenvalue weighted by Crippen LogP contribution is -2.12. The van der Waals surface area contributed by atoms with Crippen molar-refractivity contribution in [2.24, 2.45) is 0 Å². The predicted molar refractivity (Wildman–Crippen MR) is 53.9 cm³/mol. The van der Waals surface area contributed by atoms with Gasteiger partial charge in [0.2, 0.25) is 0 Å². The summed E-state index contributed by atoms with van der Waals surface area (Å²) < 4.78 is 2.32. The van der Waals surface area contributed by atoms with Gasteiger partial charge in [0.15, 0.2) is 6.04 Å². The van der Waals surface area contributed by atoms with Crippen molar-refractivity contribution in [3.8, 4) is 0 Å². The Morgan fingerprint density at radius 1 is 1.42 bits per heavy atom. The lowest BCUT2D eigenvalue weighted by atomic mass is 10.2. The first-order valence-corrected chi connectivity index (χ1v) is 4.97. The van der Waals surface area contributed by atoms with E-state index in [4.69, 9.17) is 0 Å². The molecule has 2 rings (SSSR count). The van der Waals surface area contributed by atoms with Crippen LogP contribution in [0.4, 0.5) is 0 Å². The molecule has 0 radical (unpaired) electrons. The second-order valence-electron chi connectivity index (χ2n) is 4.03. The quantitative estimate of drug-likeness (QED) is 0.511. The molecule has 1 aliphatic rings. The monoisotopic (exact) mass is 226 g/mol. The normalized spacial score (nSPS) is 25.4. The van der Waals surface area contributed by atoms with E-state index in [0.29, 0.717) is 0 Å². The van der Waals surface area contributed by atoms with E-state index in [1.807, 2.05) is 0 Å². The van der Waals surface area contributed by atoms with E-state index >= 15 is 0 Å². The van der Waals surface area contributed by atoms with Crippen molar-refractivity contribution < 1.29 is 4.48 Å². The third-order valence-electron chi connectivity index (χ3n) is 2.59. The summed E-state index contributed by atoms with van der Waals surface area (Å²) in [6.07, 6.45) is 0. The highest BCUT2D eigenvalue weighted by molar-refractivity contribution is 9.10. The number of nitrogens with zero attached hydrogens (tertiary/aromatic N) is 1. The molecule has 0 saturated carbocycles. The van der Waals surface area contributed by atoms with Crippen molar-refractivity contribution in [1.29, 1.82) is 0 Å². The van der Waals surface area contributed by atoms with Crippen LogP contribution in [0.5, 0.6) is 0 Å². The molecule has 1 aromatic carbocycles. The van der Waals surface area contributed by atoms with Gasteiger partial charge in [-0.1, -0.05) is 28.1 Å². The lowest BCUT2D eigenvalue weighted by Gasteiger charge is -2.05. The molecule has 1 aliphatic heterocycles. The molecule has 1 saturated heterocycles. The van der Waals surface area contributed by atoms with Gasteiger partial charge in [0.1, 0.15) is 6.54 Å². The van der Waals surface area contributed by atoms with Crippen LogP contribution in [-0.4, -0.2) is 25.1 Å². The van der Waals surface area contributed by atoms with E-state index in [1.54, 1.807) is 0 Å². The van der Waals surface area contributed by atoms with Gasteiger partial charge in [-0.25, -0.2) is 0 Å². The van der Waals surface area contributed by atoms with Gasteiger partial charge >= 0.3 is 0 Å². The summed E-state index contributed by atoms with van der Waals surface area (Å²) in [5, 5.41) is 0. The smallest absolute Gasteiger partial charge is 0.164 e. The lowest BCUT2D eigenvalue weighted by molar-refractivity contribution is -0.772. The topological polar surface area (TPSA) is 0 Å². The molecular weight excluding hydrogens is 214 g/mol. The van der Waals surface area contributed by atoms with E-state index in [2.05, 4.69) is 54.3 Å². The fraction of sp³-hybridized carbons (Fsp3) is 0.400. The average Bonchev–Trinajstić information content (AvgIpc) is 2.60. The molecule has 0 aromatic heterocycles. The molecule has 1 nitrogen and oxygen atoms in total. The molecule has 64 valence electrons. The summed E-state index contributed by atoms with van der Waals surface area (Å²) in [6.45, 7) is 1.27. The van der Waals surface area contributed by atoms with Crippen LogP contribution in [0.1, 0.15) is 11.6 Å². The van der Waals surface area contributed by atoms with Gasteiger partial charge < -0.3 is 4.48 Å². The van der Waals surface area contributed by atoms with Crippen LogP contribution in [0.15, 0.2) is 28.7 Å². The first kappa shape index (κ1) is 8.27. The maximum absolute atomic E-state index is 3.49. The van der Waals surface area contributed by atoms with Crippen LogP contribution >= 0.6 is 15.9 Å². The maximum atomic E-state index is 3.49. The Labute approximate surface area is 81.7 Å². The van der Waals surface area contributed by atoms with E-state index in [0.717, 1.165) is 10.5 Å². The third-order valence-corrected chi connectivity index (χ3v) is 3.08. The molecule has 0 amide bonds. The first-order chi connectivity index (χ1) is 5.59. The van der Waals surface area contributed by atoms with Crippen LogP contribution < -0.4 is 0 Å². The van der Waals surface area contributed by atoms with Gasteiger partial charge in [0.05, 0.1) is 14.1 Å². The third kappa shape index (κ3) is 1.41. The van der Waals surface area contributed by atoms with Crippen molar-refractivity contribution >= 4 is 15.9 Å². The molecule has 1 heterocycles. The number of halogens is 1. The standard InChI is InChI=1S/C10H13BrN/c1-12(2)7-10(12)8-4-3-5-9(11)6-8/h3-6,10H,7H2,1-2H3/q+1. The van der Waals surface area contributed by atoms with Gasteiger partial charge in [-0.3, -0.25) is 0 Å². The van der Waals surface area contributed by atoms with Crippen molar-refractivity contribution in [3.63, 3.8) is 0 Å². The van der Waals surface area contributed by atoms with E-state index in [1.165, 1.54) is 16.6 Å². The molecular formula is C10H13BrN+. The highest BCUT2D eigenvalue weighted by Gasteiger charge is 2.48. The van der Waals surface area contributed by atoms with E-state index in [9.17, 15) is 0 Å². The highest BCUT2D eigenvalue weighted by atomic mass is 79.9. The summed E-state index contributed by atoms with van der Waals surface area (Å²) in [5.41, 5.74) is 1.45. The fourth-order valence-electron chi connectivity index (χ4n) is 1.62. The Morgan fingerprint density at radius 3 is 2.58 bits per heavy atom. The second kappa shape index (κ2) is 2.57. The van der Waals surface area contributed by atoms with Crippen LogP contribution in [0.25, 0.3) is 0 Å². The minimum Gasteiger partial charge on any atom is -0.312 e. The number of hydrogen-bond acceptors (Lipinski definition) is 0. The van der Waals surface area contributed by atoms with Crippen LogP contribution in [0.2, 0.25) is 0 Å². The second-order valence-corrected chi connectivity index (χ2v) is 4.95. The number of likely N-dealkylation sites (N-methyl/N-ethyl adjacent to an activating group) is 1. The van der Waals surface area contributed by atoms with E-state index < -0.39 is 0 Å². The molecule has 0 bridgehead atoms. The maximum Gasteiger partial charge on any atom is 0.164 e. The van der Waals surface area contributed by atoms with Crippen LogP contribution in [0, 0.1) is 0 Å². The van der Waals surface area contributed by atoms with Crippen LogP contribution in [-0.2, 0) is 0 Å². The van der Waals surface area contributed by atoms with Gasteiger partial charge in [-0.2, -0.15) is 0 Å². The van der Waals surface area contributed by atoms with Gasteiger partial charge in [-0.15, -0.1) is 0 Å². The van der Waals surface area contributed by atoms with Crippen molar-refractivity contribution in [1.82, 2.24) is 0 Å². The minimum atomic E-state index is 0.725. The van der Waals surface area contributed by atoms with Gasteiger partial charge in [0, 0.05) is 10.0 Å².